The van der Waals surface area contributed by atoms with Gasteiger partial charge < -0.3 is 15.0 Å². The molecule has 1 N–H and O–H groups in total. The van der Waals surface area contributed by atoms with Gasteiger partial charge in [-0.15, -0.1) is 0 Å². The number of rotatable bonds is 4. The third kappa shape index (κ3) is 3.11. The molecule has 2 heterocycles. The average Bonchev–Trinajstić information content (AvgIpc) is 2.92. The van der Waals surface area contributed by atoms with Gasteiger partial charge in [0.05, 0.1) is 6.20 Å². The third-order valence-electron chi connectivity index (χ3n) is 3.46. The fourth-order valence-corrected chi connectivity index (χ4v) is 2.41. The zero-order chi connectivity index (χ0) is 13.8. The van der Waals surface area contributed by atoms with Gasteiger partial charge in [-0.25, -0.2) is 0 Å². The Morgan fingerprint density at radius 3 is 2.90 bits per heavy atom. The van der Waals surface area contributed by atoms with Gasteiger partial charge in [-0.2, -0.15) is 5.10 Å². The van der Waals surface area contributed by atoms with Gasteiger partial charge in [0.1, 0.15) is 12.4 Å². The van der Waals surface area contributed by atoms with E-state index >= 15 is 0 Å². The lowest BCUT2D eigenvalue weighted by molar-refractivity contribution is 0.306. The largest absolute Gasteiger partial charge is 0.489 e. The lowest BCUT2D eigenvalue weighted by atomic mass is 10.2. The quantitative estimate of drug-likeness (QED) is 0.914. The molecular weight excluding hydrogens is 252 g/mol. The molecule has 3 rings (SSSR count). The highest BCUT2D eigenvalue weighted by Gasteiger charge is 2.10. The molecule has 0 amide bonds. The van der Waals surface area contributed by atoms with Crippen LogP contribution in [0.2, 0.25) is 0 Å². The molecule has 0 atom stereocenters. The molecule has 1 aliphatic heterocycles. The van der Waals surface area contributed by atoms with Gasteiger partial charge in [0.25, 0.3) is 0 Å². The van der Waals surface area contributed by atoms with Crippen LogP contribution in [0.1, 0.15) is 5.56 Å². The molecule has 1 saturated heterocycles. The first-order chi connectivity index (χ1) is 9.81. The summed E-state index contributed by atoms with van der Waals surface area (Å²) in [4.78, 5) is 2.38. The SMILES string of the molecule is Cn1cc(COc2cccc(N3CCNCC3)c2)cn1. The summed E-state index contributed by atoms with van der Waals surface area (Å²) >= 11 is 0. The molecule has 0 spiro atoms. The smallest absolute Gasteiger partial charge is 0.121 e. The van der Waals surface area contributed by atoms with Crippen LogP contribution in [-0.2, 0) is 13.7 Å². The molecule has 1 fully saturated rings. The summed E-state index contributed by atoms with van der Waals surface area (Å²) in [6.45, 7) is 4.73. The van der Waals surface area contributed by atoms with E-state index in [9.17, 15) is 0 Å². The summed E-state index contributed by atoms with van der Waals surface area (Å²) < 4.78 is 7.63. The number of hydrogen-bond donors (Lipinski definition) is 1. The molecule has 106 valence electrons. The molecule has 0 saturated carbocycles. The lowest BCUT2D eigenvalue weighted by Crippen LogP contribution is -2.43. The molecule has 0 unspecified atom stereocenters. The monoisotopic (exact) mass is 272 g/mol. The Morgan fingerprint density at radius 1 is 1.30 bits per heavy atom. The highest BCUT2D eigenvalue weighted by molar-refractivity contribution is 5.51. The first kappa shape index (κ1) is 13.0. The first-order valence-electron chi connectivity index (χ1n) is 6.97. The molecule has 5 nitrogen and oxygen atoms in total. The molecule has 1 aliphatic rings. The summed E-state index contributed by atoms with van der Waals surface area (Å²) in [6.07, 6.45) is 3.81. The predicted octanol–water partition coefficient (Wildman–Crippen LogP) is 1.41. The number of anilines is 1. The molecule has 1 aromatic heterocycles. The normalized spacial score (nSPS) is 15.3. The molecular formula is C15H20N4O. The van der Waals surface area contributed by atoms with Crippen LogP contribution in [0.25, 0.3) is 0 Å². The van der Waals surface area contributed by atoms with Crippen LogP contribution >= 0.6 is 0 Å². The van der Waals surface area contributed by atoms with Crippen molar-refractivity contribution in [3.05, 3.63) is 42.2 Å². The standard InChI is InChI=1S/C15H20N4O/c1-18-11-13(10-17-18)12-20-15-4-2-3-14(9-15)19-7-5-16-6-8-19/h2-4,9-11,16H,5-8,12H2,1H3. The molecule has 2 aromatic rings. The lowest BCUT2D eigenvalue weighted by Gasteiger charge is -2.29. The second-order valence-corrected chi connectivity index (χ2v) is 5.05. The zero-order valence-corrected chi connectivity index (χ0v) is 11.7. The molecule has 0 aliphatic carbocycles. The number of aryl methyl sites for hydroxylation is 1. The van der Waals surface area contributed by atoms with Crippen LogP contribution in [0.15, 0.2) is 36.7 Å². The Morgan fingerprint density at radius 2 is 2.15 bits per heavy atom. The van der Waals surface area contributed by atoms with E-state index in [2.05, 4.69) is 33.5 Å². The number of nitrogens with zero attached hydrogens (tertiary/aromatic N) is 3. The number of aromatic nitrogens is 2. The molecule has 0 radical (unpaired) electrons. The average molecular weight is 272 g/mol. The number of benzene rings is 1. The Balaban J connectivity index is 1.64. The maximum absolute atomic E-state index is 5.84. The van der Waals surface area contributed by atoms with E-state index in [1.807, 2.05) is 25.5 Å². The van der Waals surface area contributed by atoms with Gasteiger partial charge in [-0.3, -0.25) is 4.68 Å². The molecule has 0 bridgehead atoms. The van der Waals surface area contributed by atoms with Crippen molar-refractivity contribution >= 4 is 5.69 Å². The van der Waals surface area contributed by atoms with E-state index in [-0.39, 0.29) is 0 Å². The van der Waals surface area contributed by atoms with Crippen molar-refractivity contribution in [1.29, 1.82) is 0 Å². The summed E-state index contributed by atoms with van der Waals surface area (Å²) in [5, 5.41) is 7.51. The van der Waals surface area contributed by atoms with E-state index < -0.39 is 0 Å². The van der Waals surface area contributed by atoms with E-state index in [4.69, 9.17) is 4.74 Å². The van der Waals surface area contributed by atoms with Crippen molar-refractivity contribution in [2.75, 3.05) is 31.1 Å². The van der Waals surface area contributed by atoms with Crippen LogP contribution in [0.3, 0.4) is 0 Å². The van der Waals surface area contributed by atoms with Crippen molar-refractivity contribution in [3.63, 3.8) is 0 Å². The van der Waals surface area contributed by atoms with Crippen LogP contribution in [0.4, 0.5) is 5.69 Å². The van der Waals surface area contributed by atoms with Crippen LogP contribution in [0, 0.1) is 0 Å². The maximum Gasteiger partial charge on any atom is 0.121 e. The summed E-state index contributed by atoms with van der Waals surface area (Å²) in [7, 11) is 1.91. The Labute approximate surface area is 119 Å². The van der Waals surface area contributed by atoms with Crippen LogP contribution < -0.4 is 15.0 Å². The Bertz CT molecular complexity index is 561. The topological polar surface area (TPSA) is 42.3 Å². The van der Waals surface area contributed by atoms with Gasteiger partial charge in [-0.1, -0.05) is 6.07 Å². The van der Waals surface area contributed by atoms with Gasteiger partial charge in [0.2, 0.25) is 0 Å². The second-order valence-electron chi connectivity index (χ2n) is 5.05. The number of piperazine rings is 1. The minimum absolute atomic E-state index is 0.554. The minimum Gasteiger partial charge on any atom is -0.489 e. The number of ether oxygens (including phenoxy) is 1. The van der Waals surface area contributed by atoms with E-state index in [0.29, 0.717) is 6.61 Å². The van der Waals surface area contributed by atoms with Gasteiger partial charge in [-0.05, 0) is 12.1 Å². The Kier molecular flexibility index (Phi) is 3.87. The molecule has 20 heavy (non-hydrogen) atoms. The predicted molar refractivity (Wildman–Crippen MR) is 79.1 cm³/mol. The molecule has 5 heteroatoms. The number of nitrogens with one attached hydrogen (secondary N) is 1. The zero-order valence-electron chi connectivity index (χ0n) is 11.7. The Hall–Kier alpha value is -2.01. The van der Waals surface area contributed by atoms with Crippen molar-refractivity contribution < 1.29 is 4.74 Å². The highest BCUT2D eigenvalue weighted by atomic mass is 16.5. The summed E-state index contributed by atoms with van der Waals surface area (Å²) in [5.74, 6) is 0.907. The van der Waals surface area contributed by atoms with Gasteiger partial charge in [0, 0.05) is 56.7 Å². The van der Waals surface area contributed by atoms with Crippen molar-refractivity contribution in [2.24, 2.45) is 7.05 Å². The number of hydrogen-bond acceptors (Lipinski definition) is 4. The van der Waals surface area contributed by atoms with Crippen molar-refractivity contribution in [1.82, 2.24) is 15.1 Å². The van der Waals surface area contributed by atoms with Crippen molar-refractivity contribution in [2.45, 2.75) is 6.61 Å². The van der Waals surface area contributed by atoms with Gasteiger partial charge in [0.15, 0.2) is 0 Å². The van der Waals surface area contributed by atoms with Crippen molar-refractivity contribution in [3.8, 4) is 5.75 Å². The van der Waals surface area contributed by atoms with E-state index in [0.717, 1.165) is 37.5 Å². The van der Waals surface area contributed by atoms with E-state index in [1.54, 1.807) is 4.68 Å². The minimum atomic E-state index is 0.554. The first-order valence-corrected chi connectivity index (χ1v) is 6.97. The van der Waals surface area contributed by atoms with Crippen LogP contribution in [-0.4, -0.2) is 36.0 Å². The fraction of sp³-hybridized carbons (Fsp3) is 0.400. The highest BCUT2D eigenvalue weighted by Crippen LogP contribution is 2.22. The van der Waals surface area contributed by atoms with E-state index in [1.165, 1.54) is 5.69 Å². The summed E-state index contributed by atoms with van der Waals surface area (Å²) in [5.41, 5.74) is 2.32. The maximum atomic E-state index is 5.84. The van der Waals surface area contributed by atoms with Crippen LogP contribution in [0.5, 0.6) is 5.75 Å². The second kappa shape index (κ2) is 5.96. The van der Waals surface area contributed by atoms with Gasteiger partial charge >= 0.3 is 0 Å². The third-order valence-corrected chi connectivity index (χ3v) is 3.46. The molecule has 1 aromatic carbocycles. The fourth-order valence-electron chi connectivity index (χ4n) is 2.41. The summed E-state index contributed by atoms with van der Waals surface area (Å²) in [6, 6.07) is 8.31.